The summed E-state index contributed by atoms with van der Waals surface area (Å²) in [6, 6.07) is 1.45. The Morgan fingerprint density at radius 2 is 2.08 bits per heavy atom. The highest BCUT2D eigenvalue weighted by atomic mass is 79.9. The highest BCUT2D eigenvalue weighted by Gasteiger charge is 2.25. The first kappa shape index (κ1) is 18.3. The van der Waals surface area contributed by atoms with E-state index in [0.29, 0.717) is 20.9 Å². The van der Waals surface area contributed by atoms with Crippen LogP contribution in [0.1, 0.15) is 26.3 Å². The third kappa shape index (κ3) is 4.47. The molecule has 1 amide bonds. The van der Waals surface area contributed by atoms with E-state index in [2.05, 4.69) is 26.2 Å². The summed E-state index contributed by atoms with van der Waals surface area (Å²) in [7, 11) is 0. The first-order valence-electron chi connectivity index (χ1n) is 7.24. The lowest BCUT2D eigenvalue weighted by Crippen LogP contribution is -2.44. The Hall–Kier alpha value is -2.09. The van der Waals surface area contributed by atoms with Gasteiger partial charge < -0.3 is 20.1 Å². The van der Waals surface area contributed by atoms with Gasteiger partial charge in [0.05, 0.1) is 0 Å². The second-order valence-electron chi connectivity index (χ2n) is 6.37. The molecule has 1 heterocycles. The number of carboxylic acid groups (broad SMARTS) is 1. The minimum atomic E-state index is -1.19. The second-order valence-corrected chi connectivity index (χ2v) is 7.22. The highest BCUT2D eigenvalue weighted by Crippen LogP contribution is 2.29. The van der Waals surface area contributed by atoms with Gasteiger partial charge in [-0.05, 0) is 54.4 Å². The summed E-state index contributed by atoms with van der Waals surface area (Å²) < 4.78 is 19.0. The number of ether oxygens (including phenoxy) is 1. The van der Waals surface area contributed by atoms with Gasteiger partial charge in [-0.1, -0.05) is 0 Å². The molecule has 0 aliphatic rings. The van der Waals surface area contributed by atoms with Crippen molar-refractivity contribution in [2.75, 3.05) is 0 Å². The van der Waals surface area contributed by atoms with E-state index in [1.165, 1.54) is 12.1 Å². The number of amides is 1. The number of hydrogen-bond donors (Lipinski definition) is 3. The largest absolute Gasteiger partial charge is 0.480 e. The molecule has 0 fully saturated rings. The molecular formula is C16H18BrFN2O4. The van der Waals surface area contributed by atoms with Crippen molar-refractivity contribution in [3.05, 3.63) is 34.2 Å². The third-order valence-corrected chi connectivity index (χ3v) is 3.82. The van der Waals surface area contributed by atoms with Gasteiger partial charge in [0.25, 0.3) is 0 Å². The van der Waals surface area contributed by atoms with Crippen LogP contribution in [-0.2, 0) is 16.0 Å². The van der Waals surface area contributed by atoms with Crippen LogP contribution in [0.4, 0.5) is 9.18 Å². The topological polar surface area (TPSA) is 91.4 Å². The van der Waals surface area contributed by atoms with Crippen LogP contribution in [0.25, 0.3) is 10.9 Å². The smallest absolute Gasteiger partial charge is 0.408 e. The van der Waals surface area contributed by atoms with Crippen molar-refractivity contribution in [3.63, 3.8) is 0 Å². The van der Waals surface area contributed by atoms with Gasteiger partial charge in [-0.3, -0.25) is 0 Å². The first-order chi connectivity index (χ1) is 11.1. The zero-order chi connectivity index (χ0) is 18.1. The standard InChI is InChI=1S/C16H18BrFN2O4/c1-16(2,3)24-15(23)20-12(14(21)22)4-8-7-19-11-6-9(18)5-10(17)13(8)11/h5-7,12,19H,4H2,1-3H3,(H,20,23)(H,21,22). The van der Waals surface area contributed by atoms with Crippen molar-refractivity contribution in [1.29, 1.82) is 0 Å². The Balaban J connectivity index is 2.23. The summed E-state index contributed by atoms with van der Waals surface area (Å²) in [4.78, 5) is 26.2. The van der Waals surface area contributed by atoms with Gasteiger partial charge >= 0.3 is 12.1 Å². The van der Waals surface area contributed by atoms with Crippen molar-refractivity contribution < 1.29 is 23.8 Å². The summed E-state index contributed by atoms with van der Waals surface area (Å²) in [5.41, 5.74) is 0.452. The number of halogens is 2. The Kier molecular flexibility index (Phi) is 5.17. The minimum absolute atomic E-state index is 0.0266. The Morgan fingerprint density at radius 1 is 1.42 bits per heavy atom. The number of H-pyrrole nitrogens is 1. The molecule has 0 aliphatic carbocycles. The number of aromatic nitrogens is 1. The third-order valence-electron chi connectivity index (χ3n) is 3.19. The molecule has 130 valence electrons. The van der Waals surface area contributed by atoms with Crippen LogP contribution >= 0.6 is 15.9 Å². The molecule has 2 rings (SSSR count). The van der Waals surface area contributed by atoms with Crippen LogP contribution in [0, 0.1) is 5.82 Å². The van der Waals surface area contributed by atoms with Gasteiger partial charge in [-0.15, -0.1) is 0 Å². The van der Waals surface area contributed by atoms with Gasteiger partial charge in [0.2, 0.25) is 0 Å². The van der Waals surface area contributed by atoms with Crippen LogP contribution in [0.2, 0.25) is 0 Å². The molecule has 2 aromatic rings. The van der Waals surface area contributed by atoms with E-state index >= 15 is 0 Å². The lowest BCUT2D eigenvalue weighted by Gasteiger charge is -2.22. The van der Waals surface area contributed by atoms with Crippen LogP contribution in [0.3, 0.4) is 0 Å². The van der Waals surface area contributed by atoms with E-state index in [1.54, 1.807) is 27.0 Å². The zero-order valence-electron chi connectivity index (χ0n) is 13.4. The summed E-state index contributed by atoms with van der Waals surface area (Å²) >= 11 is 3.28. The molecule has 24 heavy (non-hydrogen) atoms. The average Bonchev–Trinajstić information content (AvgIpc) is 2.78. The quantitative estimate of drug-likeness (QED) is 0.730. The number of alkyl carbamates (subject to hydrolysis) is 1. The summed E-state index contributed by atoms with van der Waals surface area (Å²) in [6.45, 7) is 5.06. The molecule has 0 saturated heterocycles. The van der Waals surface area contributed by atoms with E-state index in [1.807, 2.05) is 0 Å². The maximum atomic E-state index is 13.4. The molecule has 1 atom stereocenters. The highest BCUT2D eigenvalue weighted by molar-refractivity contribution is 9.10. The summed E-state index contributed by atoms with van der Waals surface area (Å²) in [6.07, 6.45) is 0.820. The van der Waals surface area contributed by atoms with E-state index in [4.69, 9.17) is 4.74 Å². The number of hydrogen-bond acceptors (Lipinski definition) is 3. The monoisotopic (exact) mass is 400 g/mol. The number of rotatable bonds is 4. The number of aliphatic carboxylic acids is 1. The van der Waals surface area contributed by atoms with Crippen molar-refractivity contribution in [2.24, 2.45) is 0 Å². The van der Waals surface area contributed by atoms with Gasteiger partial charge in [-0.2, -0.15) is 0 Å². The molecular weight excluding hydrogens is 383 g/mol. The lowest BCUT2D eigenvalue weighted by atomic mass is 10.1. The fourth-order valence-electron chi connectivity index (χ4n) is 2.28. The Bertz CT molecular complexity index is 782. The number of carboxylic acids is 1. The number of carbonyl (C=O) groups is 2. The molecule has 0 bridgehead atoms. The summed E-state index contributed by atoms with van der Waals surface area (Å²) in [5, 5.41) is 12.4. The number of fused-ring (bicyclic) bond motifs is 1. The lowest BCUT2D eigenvalue weighted by molar-refractivity contribution is -0.139. The van der Waals surface area contributed by atoms with Crippen LogP contribution in [0.5, 0.6) is 0 Å². The zero-order valence-corrected chi connectivity index (χ0v) is 15.0. The summed E-state index contributed by atoms with van der Waals surface area (Å²) in [5.74, 6) is -1.60. The first-order valence-corrected chi connectivity index (χ1v) is 8.03. The number of benzene rings is 1. The second kappa shape index (κ2) is 6.80. The Morgan fingerprint density at radius 3 is 2.67 bits per heavy atom. The van der Waals surface area contributed by atoms with Crippen LogP contribution in [0.15, 0.2) is 22.8 Å². The number of aromatic amines is 1. The van der Waals surface area contributed by atoms with Crippen molar-refractivity contribution in [2.45, 2.75) is 38.8 Å². The van der Waals surface area contributed by atoms with E-state index < -0.39 is 29.5 Å². The molecule has 1 aromatic carbocycles. The Labute approximate surface area is 146 Å². The minimum Gasteiger partial charge on any atom is -0.480 e. The van der Waals surface area contributed by atoms with E-state index in [0.717, 1.165) is 0 Å². The number of carbonyl (C=O) groups excluding carboxylic acids is 1. The molecule has 6 nitrogen and oxygen atoms in total. The molecule has 3 N–H and O–H groups in total. The van der Waals surface area contributed by atoms with Gasteiger partial charge in [0.15, 0.2) is 0 Å². The molecule has 1 unspecified atom stereocenters. The predicted octanol–water partition coefficient (Wildman–Crippen LogP) is 3.59. The van der Waals surface area contributed by atoms with Crippen LogP contribution in [-0.4, -0.2) is 33.8 Å². The molecule has 0 saturated carbocycles. The maximum absolute atomic E-state index is 13.4. The fourth-order valence-corrected chi connectivity index (χ4v) is 2.97. The molecule has 8 heteroatoms. The van der Waals surface area contributed by atoms with Gasteiger partial charge in [-0.25, -0.2) is 14.0 Å². The van der Waals surface area contributed by atoms with Crippen molar-refractivity contribution >= 4 is 38.9 Å². The normalized spacial score (nSPS) is 12.9. The predicted molar refractivity (Wildman–Crippen MR) is 90.5 cm³/mol. The SMILES string of the molecule is CC(C)(C)OC(=O)NC(Cc1c[nH]c2cc(F)cc(Br)c12)C(=O)O. The van der Waals surface area contributed by atoms with Gasteiger partial charge in [0, 0.05) is 28.0 Å². The molecule has 0 aliphatic heterocycles. The van der Waals surface area contributed by atoms with E-state index in [9.17, 15) is 19.1 Å². The molecule has 0 spiro atoms. The van der Waals surface area contributed by atoms with Crippen LogP contribution < -0.4 is 5.32 Å². The van der Waals surface area contributed by atoms with E-state index in [-0.39, 0.29) is 6.42 Å². The number of nitrogens with one attached hydrogen (secondary N) is 2. The van der Waals surface area contributed by atoms with Crippen molar-refractivity contribution in [3.8, 4) is 0 Å². The maximum Gasteiger partial charge on any atom is 0.408 e. The molecule has 1 aromatic heterocycles. The molecule has 0 radical (unpaired) electrons. The van der Waals surface area contributed by atoms with Gasteiger partial charge in [0.1, 0.15) is 17.5 Å². The van der Waals surface area contributed by atoms with Crippen molar-refractivity contribution in [1.82, 2.24) is 10.3 Å². The average molecular weight is 401 g/mol. The fraction of sp³-hybridized carbons (Fsp3) is 0.375.